The molecule has 0 aromatic carbocycles. The van der Waals surface area contributed by atoms with Crippen molar-refractivity contribution in [2.24, 2.45) is 0 Å². The summed E-state index contributed by atoms with van der Waals surface area (Å²) in [7, 11) is 2.13. The first-order valence-corrected chi connectivity index (χ1v) is 7.40. The van der Waals surface area contributed by atoms with Gasteiger partial charge in [0.2, 0.25) is 0 Å². The van der Waals surface area contributed by atoms with Gasteiger partial charge in [0.15, 0.2) is 0 Å². The van der Waals surface area contributed by atoms with Crippen LogP contribution in [-0.4, -0.2) is 45.0 Å². The Hall–Kier alpha value is -0.870. The Morgan fingerprint density at radius 3 is 2.95 bits per heavy atom. The third kappa shape index (κ3) is 3.37. The van der Waals surface area contributed by atoms with Gasteiger partial charge in [0, 0.05) is 31.2 Å². The lowest BCUT2D eigenvalue weighted by molar-refractivity contribution is -0.0360. The highest BCUT2D eigenvalue weighted by molar-refractivity contribution is 5.06. The van der Waals surface area contributed by atoms with Crippen molar-refractivity contribution >= 4 is 0 Å². The Labute approximate surface area is 116 Å². The fraction of sp³-hybridized carbons (Fsp3) is 0.800. The van der Waals surface area contributed by atoms with Crippen LogP contribution in [0, 0.1) is 0 Å². The first-order valence-electron chi connectivity index (χ1n) is 7.40. The zero-order valence-corrected chi connectivity index (χ0v) is 12.6. The largest absolute Gasteiger partial charge is 0.389 e. The molecule has 1 aromatic rings. The normalized spacial score (nSPS) is 30.5. The molecule has 1 aliphatic rings. The summed E-state index contributed by atoms with van der Waals surface area (Å²) in [4.78, 5) is 2.31. The third-order valence-electron chi connectivity index (χ3n) is 4.57. The van der Waals surface area contributed by atoms with Crippen molar-refractivity contribution in [1.82, 2.24) is 14.7 Å². The van der Waals surface area contributed by atoms with Gasteiger partial charge in [0.25, 0.3) is 0 Å². The maximum atomic E-state index is 10.7. The molecule has 19 heavy (non-hydrogen) atoms. The molecule has 0 amide bonds. The molecule has 0 spiro atoms. The molecule has 4 nitrogen and oxygen atoms in total. The molecule has 1 aromatic heterocycles. The number of hydrogen-bond donors (Lipinski definition) is 1. The number of nitrogens with zero attached hydrogens (tertiary/aromatic N) is 3. The fourth-order valence-corrected chi connectivity index (χ4v) is 2.81. The van der Waals surface area contributed by atoms with E-state index in [2.05, 4.69) is 37.8 Å². The number of hydrogen-bond acceptors (Lipinski definition) is 3. The van der Waals surface area contributed by atoms with Gasteiger partial charge < -0.3 is 10.0 Å². The summed E-state index contributed by atoms with van der Waals surface area (Å²) in [5, 5.41) is 15.3. The highest BCUT2D eigenvalue weighted by atomic mass is 16.3. The van der Waals surface area contributed by atoms with E-state index in [-0.39, 0.29) is 0 Å². The average molecular weight is 265 g/mol. The topological polar surface area (TPSA) is 41.3 Å². The van der Waals surface area contributed by atoms with Crippen LogP contribution in [0.15, 0.2) is 12.3 Å². The predicted octanol–water partition coefficient (Wildman–Crippen LogP) is 2.24. The van der Waals surface area contributed by atoms with Gasteiger partial charge in [-0.05, 0) is 46.2 Å². The van der Waals surface area contributed by atoms with Crippen LogP contribution in [0.5, 0.6) is 0 Å². The number of rotatable bonds is 4. The lowest BCUT2D eigenvalue weighted by atomic mass is 9.84. The van der Waals surface area contributed by atoms with E-state index in [1.807, 2.05) is 16.9 Å². The molecular formula is C15H27N3O. The molecule has 4 heteroatoms. The van der Waals surface area contributed by atoms with Crippen molar-refractivity contribution in [2.75, 3.05) is 13.6 Å². The standard InChI is InChI=1S/C15H27N3O/c1-5-12(2)18-8-6-14(16-18)11-15(19)7-9-17(4)13(3)10-15/h6,8,12-13,19H,5,7,9-11H2,1-4H3. The molecule has 0 bridgehead atoms. The Bertz CT molecular complexity index is 417. The van der Waals surface area contributed by atoms with Gasteiger partial charge >= 0.3 is 0 Å². The first kappa shape index (κ1) is 14.5. The lowest BCUT2D eigenvalue weighted by Gasteiger charge is -2.40. The molecule has 2 heterocycles. The second-order valence-electron chi connectivity index (χ2n) is 6.23. The summed E-state index contributed by atoms with van der Waals surface area (Å²) in [5.41, 5.74) is 0.431. The minimum absolute atomic E-state index is 0.430. The second kappa shape index (κ2) is 5.63. The number of likely N-dealkylation sites (tertiary alicyclic amines) is 1. The Morgan fingerprint density at radius 1 is 1.58 bits per heavy atom. The number of piperidine rings is 1. The number of aromatic nitrogens is 2. The van der Waals surface area contributed by atoms with Gasteiger partial charge in [-0.25, -0.2) is 0 Å². The van der Waals surface area contributed by atoms with Crippen LogP contribution in [0.2, 0.25) is 0 Å². The minimum Gasteiger partial charge on any atom is -0.389 e. The zero-order valence-electron chi connectivity index (χ0n) is 12.6. The summed E-state index contributed by atoms with van der Waals surface area (Å²) < 4.78 is 2.01. The highest BCUT2D eigenvalue weighted by Crippen LogP contribution is 2.29. The molecule has 0 saturated carbocycles. The molecule has 3 atom stereocenters. The average Bonchev–Trinajstić information content (AvgIpc) is 2.81. The van der Waals surface area contributed by atoms with Crippen LogP contribution in [0.4, 0.5) is 0 Å². The molecule has 0 aliphatic carbocycles. The van der Waals surface area contributed by atoms with E-state index < -0.39 is 5.60 Å². The zero-order chi connectivity index (χ0) is 14.0. The summed E-state index contributed by atoms with van der Waals surface area (Å²) in [5.74, 6) is 0. The van der Waals surface area contributed by atoms with E-state index in [9.17, 15) is 5.11 Å². The van der Waals surface area contributed by atoms with Crippen molar-refractivity contribution in [2.45, 2.75) is 64.1 Å². The van der Waals surface area contributed by atoms with E-state index in [0.717, 1.165) is 31.5 Å². The lowest BCUT2D eigenvalue weighted by Crippen LogP contribution is -2.48. The summed E-state index contributed by atoms with van der Waals surface area (Å²) in [6.07, 6.45) is 5.46. The summed E-state index contributed by atoms with van der Waals surface area (Å²) in [6.45, 7) is 7.48. The highest BCUT2D eigenvalue weighted by Gasteiger charge is 2.35. The van der Waals surface area contributed by atoms with Crippen LogP contribution in [-0.2, 0) is 6.42 Å². The van der Waals surface area contributed by atoms with Crippen molar-refractivity contribution in [3.05, 3.63) is 18.0 Å². The molecule has 108 valence electrons. The molecule has 1 aliphatic heterocycles. The van der Waals surface area contributed by atoms with Crippen LogP contribution in [0.1, 0.15) is 51.8 Å². The Morgan fingerprint density at radius 2 is 2.32 bits per heavy atom. The van der Waals surface area contributed by atoms with Crippen LogP contribution in [0.25, 0.3) is 0 Å². The van der Waals surface area contributed by atoms with E-state index in [0.29, 0.717) is 18.5 Å². The maximum Gasteiger partial charge on any atom is 0.0730 e. The van der Waals surface area contributed by atoms with Crippen molar-refractivity contribution < 1.29 is 5.11 Å². The van der Waals surface area contributed by atoms with Crippen LogP contribution < -0.4 is 0 Å². The van der Waals surface area contributed by atoms with Gasteiger partial charge in [0.05, 0.1) is 11.3 Å². The summed E-state index contributed by atoms with van der Waals surface area (Å²) in [6, 6.07) is 2.92. The fourth-order valence-electron chi connectivity index (χ4n) is 2.81. The van der Waals surface area contributed by atoms with Crippen molar-refractivity contribution in [3.63, 3.8) is 0 Å². The molecule has 1 N–H and O–H groups in total. The van der Waals surface area contributed by atoms with E-state index in [1.165, 1.54) is 0 Å². The van der Waals surface area contributed by atoms with Gasteiger partial charge in [-0.15, -0.1) is 0 Å². The monoisotopic (exact) mass is 265 g/mol. The SMILES string of the molecule is CCC(C)n1ccc(CC2(O)CCN(C)C(C)C2)n1. The van der Waals surface area contributed by atoms with E-state index in [1.54, 1.807) is 0 Å². The maximum absolute atomic E-state index is 10.7. The van der Waals surface area contributed by atoms with Crippen LogP contribution >= 0.6 is 0 Å². The Balaban J connectivity index is 2.02. The van der Waals surface area contributed by atoms with Gasteiger partial charge in [-0.1, -0.05) is 6.92 Å². The summed E-state index contributed by atoms with van der Waals surface area (Å²) >= 11 is 0. The van der Waals surface area contributed by atoms with Crippen LogP contribution in [0.3, 0.4) is 0 Å². The van der Waals surface area contributed by atoms with Gasteiger partial charge in [-0.3, -0.25) is 4.68 Å². The van der Waals surface area contributed by atoms with Crippen molar-refractivity contribution in [3.8, 4) is 0 Å². The smallest absolute Gasteiger partial charge is 0.0730 e. The quantitative estimate of drug-likeness (QED) is 0.908. The molecular weight excluding hydrogens is 238 g/mol. The third-order valence-corrected chi connectivity index (χ3v) is 4.57. The van der Waals surface area contributed by atoms with Gasteiger partial charge in [0.1, 0.15) is 0 Å². The van der Waals surface area contributed by atoms with E-state index in [4.69, 9.17) is 0 Å². The molecule has 2 rings (SSSR count). The molecule has 3 unspecified atom stereocenters. The first-order chi connectivity index (χ1) is 8.93. The minimum atomic E-state index is -0.583. The Kier molecular flexibility index (Phi) is 4.31. The predicted molar refractivity (Wildman–Crippen MR) is 77.2 cm³/mol. The molecule has 1 fully saturated rings. The second-order valence-corrected chi connectivity index (χ2v) is 6.23. The van der Waals surface area contributed by atoms with Crippen molar-refractivity contribution in [1.29, 1.82) is 0 Å². The molecule has 0 radical (unpaired) electrons. The number of aliphatic hydroxyl groups is 1. The van der Waals surface area contributed by atoms with Gasteiger partial charge in [-0.2, -0.15) is 5.10 Å². The van der Waals surface area contributed by atoms with E-state index >= 15 is 0 Å². The molecule has 1 saturated heterocycles.